The monoisotopic (exact) mass is 342 g/mol. The second-order valence-corrected chi connectivity index (χ2v) is 5.80. The van der Waals surface area contributed by atoms with Crippen LogP contribution in [0.25, 0.3) is 5.69 Å². The van der Waals surface area contributed by atoms with Gasteiger partial charge in [0.1, 0.15) is 11.5 Å². The highest BCUT2D eigenvalue weighted by Gasteiger charge is 2.20. The van der Waals surface area contributed by atoms with Crippen molar-refractivity contribution in [2.24, 2.45) is 5.92 Å². The van der Waals surface area contributed by atoms with Crippen molar-refractivity contribution in [2.75, 3.05) is 6.54 Å². The number of hydrogen-bond donors (Lipinski definition) is 1. The van der Waals surface area contributed by atoms with Gasteiger partial charge in [0.05, 0.1) is 11.9 Å². The summed E-state index contributed by atoms with van der Waals surface area (Å²) in [5.74, 6) is -0.530. The molecular formula is C13H13BrF2N4. The number of halogens is 3. The van der Waals surface area contributed by atoms with E-state index in [9.17, 15) is 8.78 Å². The molecule has 1 aromatic heterocycles. The molecule has 4 nitrogen and oxygen atoms in total. The number of nitrogens with zero attached hydrogens (tertiary/aromatic N) is 3. The van der Waals surface area contributed by atoms with Gasteiger partial charge in [-0.15, -0.1) is 5.10 Å². The molecule has 1 aromatic carbocycles. The van der Waals surface area contributed by atoms with Crippen molar-refractivity contribution >= 4 is 15.9 Å². The Balaban J connectivity index is 1.75. The van der Waals surface area contributed by atoms with Crippen molar-refractivity contribution in [3.63, 3.8) is 0 Å². The van der Waals surface area contributed by atoms with Crippen LogP contribution in [0.15, 0.2) is 22.8 Å². The number of benzene rings is 1. The fraction of sp³-hybridized carbons (Fsp3) is 0.385. The van der Waals surface area contributed by atoms with E-state index in [4.69, 9.17) is 0 Å². The zero-order valence-electron chi connectivity index (χ0n) is 10.6. The summed E-state index contributed by atoms with van der Waals surface area (Å²) in [4.78, 5) is 0. The molecule has 7 heteroatoms. The maximum absolute atomic E-state index is 13.8. The zero-order valence-corrected chi connectivity index (χ0v) is 12.2. The van der Waals surface area contributed by atoms with Crippen LogP contribution in [0.3, 0.4) is 0 Å². The molecule has 3 rings (SSSR count). The summed E-state index contributed by atoms with van der Waals surface area (Å²) >= 11 is 3.14. The van der Waals surface area contributed by atoms with Gasteiger partial charge in [-0.25, -0.2) is 13.5 Å². The molecule has 0 radical (unpaired) electrons. The summed E-state index contributed by atoms with van der Waals surface area (Å²) in [6.45, 7) is 1.57. The van der Waals surface area contributed by atoms with Gasteiger partial charge in [0.2, 0.25) is 0 Å². The van der Waals surface area contributed by atoms with Crippen molar-refractivity contribution < 1.29 is 8.78 Å². The Bertz CT molecular complexity index is 602. The van der Waals surface area contributed by atoms with Crippen molar-refractivity contribution in [3.8, 4) is 5.69 Å². The first-order valence-corrected chi connectivity index (χ1v) is 7.19. The smallest absolute Gasteiger partial charge is 0.152 e. The molecule has 1 aliphatic carbocycles. The van der Waals surface area contributed by atoms with Crippen LogP contribution in [0.1, 0.15) is 18.5 Å². The van der Waals surface area contributed by atoms with E-state index in [0.717, 1.165) is 24.2 Å². The lowest BCUT2D eigenvalue weighted by Crippen LogP contribution is -2.16. The van der Waals surface area contributed by atoms with Crippen molar-refractivity contribution in [1.29, 1.82) is 0 Å². The minimum atomic E-state index is -0.681. The number of rotatable bonds is 5. The fourth-order valence-electron chi connectivity index (χ4n) is 1.97. The van der Waals surface area contributed by atoms with Gasteiger partial charge in [0, 0.05) is 17.1 Å². The standard InChI is InChI=1S/C13H13BrF2N4/c14-11-3-9(15)4-12(16)13(11)20-7-10(18-19-20)6-17-5-8-1-2-8/h3-4,7-8,17H,1-2,5-6H2. The Morgan fingerprint density at radius 3 is 2.85 bits per heavy atom. The number of nitrogens with one attached hydrogen (secondary N) is 1. The van der Waals surface area contributed by atoms with Crippen LogP contribution in [0, 0.1) is 17.6 Å². The van der Waals surface area contributed by atoms with E-state index in [1.807, 2.05) is 0 Å². The van der Waals surface area contributed by atoms with Gasteiger partial charge >= 0.3 is 0 Å². The molecule has 0 atom stereocenters. The van der Waals surface area contributed by atoms with Crippen LogP contribution in [-0.4, -0.2) is 21.5 Å². The normalized spacial score (nSPS) is 14.8. The molecule has 106 valence electrons. The van der Waals surface area contributed by atoms with E-state index >= 15 is 0 Å². The van der Waals surface area contributed by atoms with Gasteiger partial charge in [-0.1, -0.05) is 5.21 Å². The molecule has 0 unspecified atom stereocenters. The molecule has 1 heterocycles. The van der Waals surface area contributed by atoms with Gasteiger partial charge in [0.25, 0.3) is 0 Å². The Labute approximate surface area is 123 Å². The van der Waals surface area contributed by atoms with Gasteiger partial charge in [-0.3, -0.25) is 0 Å². The SMILES string of the molecule is Fc1cc(F)c(-n2cc(CNCC3CC3)nn2)c(Br)c1. The van der Waals surface area contributed by atoms with E-state index in [2.05, 4.69) is 31.6 Å². The minimum absolute atomic E-state index is 0.160. The second kappa shape index (κ2) is 5.57. The first-order valence-electron chi connectivity index (χ1n) is 6.40. The highest BCUT2D eigenvalue weighted by molar-refractivity contribution is 9.10. The minimum Gasteiger partial charge on any atom is -0.311 e. The summed E-state index contributed by atoms with van der Waals surface area (Å²) in [5, 5.41) is 11.2. The zero-order chi connectivity index (χ0) is 14.1. The summed E-state index contributed by atoms with van der Waals surface area (Å²) in [6.07, 6.45) is 4.21. The third-order valence-electron chi connectivity index (χ3n) is 3.19. The molecular weight excluding hydrogens is 330 g/mol. The highest BCUT2D eigenvalue weighted by atomic mass is 79.9. The molecule has 0 amide bonds. The summed E-state index contributed by atoms with van der Waals surface area (Å²) in [6, 6.07) is 2.03. The van der Waals surface area contributed by atoms with Crippen LogP contribution < -0.4 is 5.32 Å². The van der Waals surface area contributed by atoms with Gasteiger partial charge in [-0.05, 0) is 47.3 Å². The van der Waals surface area contributed by atoms with Crippen LogP contribution >= 0.6 is 15.9 Å². The van der Waals surface area contributed by atoms with Gasteiger partial charge < -0.3 is 5.32 Å². The quantitative estimate of drug-likeness (QED) is 0.908. The average molecular weight is 343 g/mol. The third kappa shape index (κ3) is 3.04. The first kappa shape index (κ1) is 13.6. The summed E-state index contributed by atoms with van der Waals surface area (Å²) < 4.78 is 28.5. The Kier molecular flexibility index (Phi) is 3.80. The molecule has 0 aliphatic heterocycles. The third-order valence-corrected chi connectivity index (χ3v) is 3.79. The number of hydrogen-bond acceptors (Lipinski definition) is 3. The molecule has 20 heavy (non-hydrogen) atoms. The van der Waals surface area contributed by atoms with Crippen LogP contribution in [0.2, 0.25) is 0 Å². The Morgan fingerprint density at radius 2 is 2.15 bits per heavy atom. The lowest BCUT2D eigenvalue weighted by Gasteiger charge is -2.05. The molecule has 0 saturated heterocycles. The first-order chi connectivity index (χ1) is 9.63. The maximum atomic E-state index is 13.8. The molecule has 1 saturated carbocycles. The lowest BCUT2D eigenvalue weighted by atomic mass is 10.3. The molecule has 0 bridgehead atoms. The highest BCUT2D eigenvalue weighted by Crippen LogP contribution is 2.27. The topological polar surface area (TPSA) is 42.7 Å². The van der Waals surface area contributed by atoms with Crippen molar-refractivity contribution in [3.05, 3.63) is 40.1 Å². The fourth-order valence-corrected chi connectivity index (χ4v) is 2.56. The van der Waals surface area contributed by atoms with Crippen molar-refractivity contribution in [2.45, 2.75) is 19.4 Å². The average Bonchev–Trinajstić information content (AvgIpc) is 3.07. The van der Waals surface area contributed by atoms with Crippen LogP contribution in [0.5, 0.6) is 0 Å². The molecule has 1 aliphatic rings. The molecule has 2 aromatic rings. The van der Waals surface area contributed by atoms with Gasteiger partial charge in [-0.2, -0.15) is 0 Å². The maximum Gasteiger partial charge on any atom is 0.152 e. The largest absolute Gasteiger partial charge is 0.311 e. The van der Waals surface area contributed by atoms with Crippen LogP contribution in [0.4, 0.5) is 8.78 Å². The second-order valence-electron chi connectivity index (χ2n) is 4.95. The number of aromatic nitrogens is 3. The Hall–Kier alpha value is -1.34. The molecule has 1 fully saturated rings. The van der Waals surface area contributed by atoms with E-state index in [0.29, 0.717) is 11.0 Å². The van der Waals surface area contributed by atoms with E-state index in [1.54, 1.807) is 6.20 Å². The van der Waals surface area contributed by atoms with Crippen molar-refractivity contribution in [1.82, 2.24) is 20.3 Å². The summed E-state index contributed by atoms with van der Waals surface area (Å²) in [5.41, 5.74) is 0.883. The predicted molar refractivity (Wildman–Crippen MR) is 73.4 cm³/mol. The molecule has 1 N–H and O–H groups in total. The van der Waals surface area contributed by atoms with Gasteiger partial charge in [0.15, 0.2) is 5.82 Å². The van der Waals surface area contributed by atoms with E-state index in [1.165, 1.54) is 23.6 Å². The van der Waals surface area contributed by atoms with E-state index in [-0.39, 0.29) is 5.69 Å². The lowest BCUT2D eigenvalue weighted by molar-refractivity contribution is 0.570. The van der Waals surface area contributed by atoms with Crippen LogP contribution in [-0.2, 0) is 6.54 Å². The molecule has 0 spiro atoms. The summed E-state index contributed by atoms with van der Waals surface area (Å²) in [7, 11) is 0. The van der Waals surface area contributed by atoms with E-state index < -0.39 is 11.6 Å². The predicted octanol–water partition coefficient (Wildman–Crippen LogP) is 2.81. The Morgan fingerprint density at radius 1 is 1.35 bits per heavy atom.